The number of fused-ring (bicyclic) bond motifs is 5. The first kappa shape index (κ1) is 30.6. The molecule has 248 valence electrons. The van der Waals surface area contributed by atoms with Gasteiger partial charge in [-0.3, -0.25) is 0 Å². The van der Waals surface area contributed by atoms with Crippen LogP contribution in [0, 0.1) is 0 Å². The quantitative estimate of drug-likeness (QED) is 0.165. The van der Waals surface area contributed by atoms with Crippen molar-refractivity contribution in [3.05, 3.63) is 204 Å². The maximum Gasteiger partial charge on any atom is 0.0626 e. The number of rotatable bonds is 5. The lowest BCUT2D eigenvalue weighted by atomic mass is 9.80. The lowest BCUT2D eigenvalue weighted by Gasteiger charge is -2.31. The molecule has 1 atom stereocenters. The number of benzene rings is 8. The van der Waals surface area contributed by atoms with Gasteiger partial charge in [0, 0.05) is 16.8 Å². The molecule has 8 aromatic rings. The summed E-state index contributed by atoms with van der Waals surface area (Å²) in [6, 6.07) is 65.4. The number of anilines is 1. The highest BCUT2D eigenvalue weighted by Crippen LogP contribution is 2.52. The summed E-state index contributed by atoms with van der Waals surface area (Å²) in [4.78, 5) is 2.58. The van der Waals surface area contributed by atoms with E-state index < -0.39 is 0 Å². The number of hydrogen-bond donors (Lipinski definition) is 0. The lowest BCUT2D eigenvalue weighted by molar-refractivity contribution is 0.660. The average molecular weight is 666 g/mol. The maximum atomic E-state index is 2.58. The van der Waals surface area contributed by atoms with E-state index in [1.165, 1.54) is 88.6 Å². The molecule has 8 aromatic carbocycles. The molecule has 2 aliphatic rings. The zero-order chi connectivity index (χ0) is 34.8. The van der Waals surface area contributed by atoms with E-state index in [1.54, 1.807) is 0 Å². The molecular formula is C51H39N. The van der Waals surface area contributed by atoms with Crippen LogP contribution in [0.5, 0.6) is 0 Å². The standard InChI is InChI=1S/C51H39N/c1-51(2)45-25-15-14-22-39(45)40-28-26-37(32-46(40)51)50-42-24-13-12-23-41(42)49(36-20-10-5-11-21-36)43-29-27-38(33-44(43)50)52-47(34-16-6-3-7-17-34)30-31-48(52)35-18-8-4-9-19-35/h3-30,32-33,48H,31H2,1-2H3. The molecule has 1 aliphatic heterocycles. The summed E-state index contributed by atoms with van der Waals surface area (Å²) < 4.78 is 0. The third-order valence-corrected chi connectivity index (χ3v) is 11.6. The van der Waals surface area contributed by atoms with E-state index in [1.807, 2.05) is 0 Å². The summed E-state index contributed by atoms with van der Waals surface area (Å²) in [6.07, 6.45) is 3.38. The van der Waals surface area contributed by atoms with Gasteiger partial charge in [-0.25, -0.2) is 0 Å². The summed E-state index contributed by atoms with van der Waals surface area (Å²) in [5, 5.41) is 5.10. The molecule has 1 heteroatoms. The van der Waals surface area contributed by atoms with Crippen molar-refractivity contribution < 1.29 is 0 Å². The Kier molecular flexibility index (Phi) is 7.05. The molecule has 0 N–H and O–H groups in total. The van der Waals surface area contributed by atoms with Gasteiger partial charge in [0.25, 0.3) is 0 Å². The highest BCUT2D eigenvalue weighted by molar-refractivity contribution is 6.22. The first-order valence-corrected chi connectivity index (χ1v) is 18.5. The van der Waals surface area contributed by atoms with Crippen LogP contribution in [0.4, 0.5) is 5.69 Å². The largest absolute Gasteiger partial charge is 0.333 e. The molecule has 10 rings (SSSR count). The summed E-state index contributed by atoms with van der Waals surface area (Å²) >= 11 is 0. The van der Waals surface area contributed by atoms with Gasteiger partial charge in [-0.05, 0) is 102 Å². The second kappa shape index (κ2) is 12.0. The van der Waals surface area contributed by atoms with E-state index >= 15 is 0 Å². The Morgan fingerprint density at radius 3 is 1.77 bits per heavy atom. The predicted octanol–water partition coefficient (Wildman–Crippen LogP) is 13.6. The molecule has 0 saturated heterocycles. The molecule has 0 spiro atoms. The normalized spacial score (nSPS) is 15.8. The molecule has 0 radical (unpaired) electrons. The summed E-state index contributed by atoms with van der Waals surface area (Å²) in [7, 11) is 0. The highest BCUT2D eigenvalue weighted by Gasteiger charge is 2.36. The smallest absolute Gasteiger partial charge is 0.0626 e. The molecule has 0 aromatic heterocycles. The van der Waals surface area contributed by atoms with Crippen LogP contribution in [-0.2, 0) is 5.41 Å². The Bertz CT molecular complexity index is 2670. The van der Waals surface area contributed by atoms with Gasteiger partial charge in [-0.1, -0.05) is 178 Å². The third-order valence-electron chi connectivity index (χ3n) is 11.6. The van der Waals surface area contributed by atoms with Gasteiger partial charge in [0.1, 0.15) is 0 Å². The van der Waals surface area contributed by atoms with Crippen molar-refractivity contribution in [1.82, 2.24) is 0 Å². The van der Waals surface area contributed by atoms with Gasteiger partial charge in [0.15, 0.2) is 0 Å². The number of nitrogens with zero attached hydrogens (tertiary/aromatic N) is 1. The van der Waals surface area contributed by atoms with E-state index in [0.29, 0.717) is 0 Å². The van der Waals surface area contributed by atoms with Crippen LogP contribution < -0.4 is 4.90 Å². The Labute approximate surface area is 306 Å². The summed E-state index contributed by atoms with van der Waals surface area (Å²) in [5.74, 6) is 0. The summed E-state index contributed by atoms with van der Waals surface area (Å²) in [5.41, 5.74) is 15.5. The lowest BCUT2D eigenvalue weighted by Crippen LogP contribution is -2.22. The monoisotopic (exact) mass is 665 g/mol. The van der Waals surface area contributed by atoms with Gasteiger partial charge >= 0.3 is 0 Å². The van der Waals surface area contributed by atoms with Crippen molar-refractivity contribution >= 4 is 32.9 Å². The van der Waals surface area contributed by atoms with Gasteiger partial charge < -0.3 is 4.90 Å². The minimum absolute atomic E-state index is 0.0868. The van der Waals surface area contributed by atoms with Crippen molar-refractivity contribution in [2.75, 3.05) is 4.90 Å². The minimum Gasteiger partial charge on any atom is -0.333 e. The number of hydrogen-bond acceptors (Lipinski definition) is 1. The topological polar surface area (TPSA) is 3.24 Å². The van der Waals surface area contributed by atoms with Crippen LogP contribution in [-0.4, -0.2) is 0 Å². The van der Waals surface area contributed by atoms with Crippen molar-refractivity contribution in [3.8, 4) is 33.4 Å². The minimum atomic E-state index is -0.0868. The zero-order valence-electron chi connectivity index (χ0n) is 29.6. The molecule has 1 aliphatic carbocycles. The Balaban J connectivity index is 1.26. The van der Waals surface area contributed by atoms with Gasteiger partial charge in [-0.15, -0.1) is 0 Å². The van der Waals surface area contributed by atoms with Crippen LogP contribution in [0.1, 0.15) is 48.6 Å². The van der Waals surface area contributed by atoms with E-state index in [9.17, 15) is 0 Å². The molecule has 1 heterocycles. The van der Waals surface area contributed by atoms with Gasteiger partial charge in [0.05, 0.1) is 6.04 Å². The first-order chi connectivity index (χ1) is 25.6. The molecule has 0 amide bonds. The fourth-order valence-corrected chi connectivity index (χ4v) is 9.14. The molecule has 0 fully saturated rings. The van der Waals surface area contributed by atoms with Crippen LogP contribution in [0.2, 0.25) is 0 Å². The van der Waals surface area contributed by atoms with E-state index in [0.717, 1.165) is 6.42 Å². The van der Waals surface area contributed by atoms with Crippen LogP contribution in [0.3, 0.4) is 0 Å². The molecule has 52 heavy (non-hydrogen) atoms. The second-order valence-electron chi connectivity index (χ2n) is 14.8. The van der Waals surface area contributed by atoms with E-state index in [-0.39, 0.29) is 11.5 Å². The van der Waals surface area contributed by atoms with E-state index in [2.05, 4.69) is 201 Å². The zero-order valence-corrected chi connectivity index (χ0v) is 29.6. The average Bonchev–Trinajstić information content (AvgIpc) is 3.75. The van der Waals surface area contributed by atoms with Gasteiger partial charge in [0.2, 0.25) is 0 Å². The Morgan fingerprint density at radius 1 is 0.462 bits per heavy atom. The Hall–Kier alpha value is -6.18. The fraction of sp³-hybridized carbons (Fsp3) is 0.0980. The van der Waals surface area contributed by atoms with Gasteiger partial charge in [-0.2, -0.15) is 0 Å². The van der Waals surface area contributed by atoms with Crippen LogP contribution in [0.25, 0.3) is 60.6 Å². The molecule has 0 bridgehead atoms. The third kappa shape index (κ3) is 4.69. The van der Waals surface area contributed by atoms with Crippen LogP contribution >= 0.6 is 0 Å². The molecule has 0 saturated carbocycles. The van der Waals surface area contributed by atoms with Crippen LogP contribution in [0.15, 0.2) is 182 Å². The van der Waals surface area contributed by atoms with Crippen molar-refractivity contribution in [2.45, 2.75) is 31.7 Å². The second-order valence-corrected chi connectivity index (χ2v) is 14.8. The SMILES string of the molecule is CC1(C)c2ccccc2-c2ccc(-c3c4ccccc4c(-c4ccccc4)c4ccc(N5C(c6ccccc6)=CCC5c5ccccc5)cc34)cc21. The fourth-order valence-electron chi connectivity index (χ4n) is 9.14. The molecular weight excluding hydrogens is 627 g/mol. The van der Waals surface area contributed by atoms with Crippen molar-refractivity contribution in [3.63, 3.8) is 0 Å². The summed E-state index contributed by atoms with van der Waals surface area (Å²) in [6.45, 7) is 4.76. The predicted molar refractivity (Wildman–Crippen MR) is 221 cm³/mol. The van der Waals surface area contributed by atoms with Crippen molar-refractivity contribution in [1.29, 1.82) is 0 Å². The highest BCUT2D eigenvalue weighted by atomic mass is 15.2. The molecule has 1 unspecified atom stereocenters. The Morgan fingerprint density at radius 2 is 1.04 bits per heavy atom. The molecule has 1 nitrogen and oxygen atoms in total. The van der Waals surface area contributed by atoms with Crippen molar-refractivity contribution in [2.24, 2.45) is 0 Å². The first-order valence-electron chi connectivity index (χ1n) is 18.5. The van der Waals surface area contributed by atoms with E-state index in [4.69, 9.17) is 0 Å². The maximum absolute atomic E-state index is 2.58.